The van der Waals surface area contributed by atoms with Crippen molar-refractivity contribution in [2.24, 2.45) is 0 Å². The molecular weight excluding hydrogens is 314 g/mol. The Labute approximate surface area is 147 Å². The Kier molecular flexibility index (Phi) is 5.17. The normalized spacial score (nSPS) is 15.7. The smallest absolute Gasteiger partial charge is 0.335 e. The van der Waals surface area contributed by atoms with Crippen molar-refractivity contribution in [3.05, 3.63) is 71.3 Å². The van der Waals surface area contributed by atoms with E-state index in [1.807, 2.05) is 24.3 Å². The van der Waals surface area contributed by atoms with Crippen LogP contribution in [-0.2, 0) is 16.8 Å². The molecule has 0 atom stereocenters. The monoisotopic (exact) mass is 337 g/mol. The number of aryl methyl sites for hydroxylation is 1. The number of carbonyl (C=O) groups excluding carboxylic acids is 1. The molecular formula is C21H23NO3. The Bertz CT molecular complexity index is 749. The summed E-state index contributed by atoms with van der Waals surface area (Å²) in [5.41, 5.74) is 1.86. The number of rotatable bonds is 6. The summed E-state index contributed by atoms with van der Waals surface area (Å²) in [5, 5.41) is 12.5. The van der Waals surface area contributed by atoms with Crippen LogP contribution in [-0.4, -0.2) is 17.0 Å². The predicted molar refractivity (Wildman–Crippen MR) is 96.5 cm³/mol. The van der Waals surface area contributed by atoms with Gasteiger partial charge < -0.3 is 10.4 Å². The van der Waals surface area contributed by atoms with E-state index in [1.54, 1.807) is 18.2 Å². The van der Waals surface area contributed by atoms with E-state index in [0.717, 1.165) is 31.2 Å². The SMILES string of the molecule is O=C(CCc1ccccc1C(=O)O)NC1(c2ccccc2)CCCC1. The molecule has 2 N–H and O–H groups in total. The largest absolute Gasteiger partial charge is 0.478 e. The molecule has 1 aliphatic rings. The second-order valence-corrected chi connectivity index (χ2v) is 6.67. The maximum atomic E-state index is 12.6. The molecule has 25 heavy (non-hydrogen) atoms. The van der Waals surface area contributed by atoms with Crippen molar-refractivity contribution >= 4 is 11.9 Å². The molecule has 1 fully saturated rings. The summed E-state index contributed by atoms with van der Waals surface area (Å²) in [6, 6.07) is 17.0. The molecule has 0 radical (unpaired) electrons. The number of hydrogen-bond acceptors (Lipinski definition) is 2. The predicted octanol–water partition coefficient (Wildman–Crippen LogP) is 3.90. The van der Waals surface area contributed by atoms with Crippen LogP contribution in [0.5, 0.6) is 0 Å². The third kappa shape index (κ3) is 3.90. The lowest BCUT2D eigenvalue weighted by Crippen LogP contribution is -2.43. The molecule has 0 saturated heterocycles. The van der Waals surface area contributed by atoms with E-state index >= 15 is 0 Å². The van der Waals surface area contributed by atoms with Gasteiger partial charge in [-0.05, 0) is 36.5 Å². The molecule has 0 spiro atoms. The summed E-state index contributed by atoms with van der Waals surface area (Å²) in [6.45, 7) is 0. The van der Waals surface area contributed by atoms with Crippen LogP contribution in [0.2, 0.25) is 0 Å². The fourth-order valence-electron chi connectivity index (χ4n) is 3.75. The topological polar surface area (TPSA) is 66.4 Å². The van der Waals surface area contributed by atoms with Crippen molar-refractivity contribution in [2.75, 3.05) is 0 Å². The third-order valence-corrected chi connectivity index (χ3v) is 5.03. The molecule has 0 aliphatic heterocycles. The van der Waals surface area contributed by atoms with Crippen molar-refractivity contribution in [1.29, 1.82) is 0 Å². The van der Waals surface area contributed by atoms with Crippen LogP contribution in [0.3, 0.4) is 0 Å². The summed E-state index contributed by atoms with van der Waals surface area (Å²) in [7, 11) is 0. The number of carbonyl (C=O) groups is 2. The molecule has 0 bridgehead atoms. The van der Waals surface area contributed by atoms with Gasteiger partial charge in [-0.2, -0.15) is 0 Å². The third-order valence-electron chi connectivity index (χ3n) is 5.03. The van der Waals surface area contributed by atoms with E-state index in [2.05, 4.69) is 17.4 Å². The first kappa shape index (κ1) is 17.2. The highest BCUT2D eigenvalue weighted by molar-refractivity contribution is 5.89. The van der Waals surface area contributed by atoms with Crippen molar-refractivity contribution in [3.63, 3.8) is 0 Å². The second-order valence-electron chi connectivity index (χ2n) is 6.67. The molecule has 1 saturated carbocycles. The zero-order chi connectivity index (χ0) is 17.7. The summed E-state index contributed by atoms with van der Waals surface area (Å²) in [6.07, 6.45) is 4.84. The zero-order valence-corrected chi connectivity index (χ0v) is 14.2. The van der Waals surface area contributed by atoms with Gasteiger partial charge in [0, 0.05) is 6.42 Å². The van der Waals surface area contributed by atoms with E-state index < -0.39 is 5.97 Å². The highest BCUT2D eigenvalue weighted by Crippen LogP contribution is 2.38. The molecule has 2 aromatic rings. The Morgan fingerprint density at radius 2 is 1.60 bits per heavy atom. The van der Waals surface area contributed by atoms with Gasteiger partial charge in [0.15, 0.2) is 0 Å². The van der Waals surface area contributed by atoms with Gasteiger partial charge in [0.25, 0.3) is 0 Å². The average molecular weight is 337 g/mol. The Balaban J connectivity index is 1.69. The number of hydrogen-bond donors (Lipinski definition) is 2. The quantitative estimate of drug-likeness (QED) is 0.840. The number of carboxylic acid groups (broad SMARTS) is 1. The minimum atomic E-state index is -0.951. The molecule has 130 valence electrons. The fraction of sp³-hybridized carbons (Fsp3) is 0.333. The molecule has 3 rings (SSSR count). The van der Waals surface area contributed by atoms with Gasteiger partial charge in [-0.3, -0.25) is 4.79 Å². The maximum absolute atomic E-state index is 12.6. The van der Waals surface area contributed by atoms with Gasteiger partial charge in [0.1, 0.15) is 0 Å². The van der Waals surface area contributed by atoms with Crippen molar-refractivity contribution in [2.45, 2.75) is 44.1 Å². The van der Waals surface area contributed by atoms with Gasteiger partial charge in [-0.1, -0.05) is 61.4 Å². The second kappa shape index (κ2) is 7.51. The summed E-state index contributed by atoms with van der Waals surface area (Å²) >= 11 is 0. The van der Waals surface area contributed by atoms with Crippen LogP contribution in [0.15, 0.2) is 54.6 Å². The minimum absolute atomic E-state index is 0.0223. The maximum Gasteiger partial charge on any atom is 0.335 e. The van der Waals surface area contributed by atoms with Gasteiger partial charge in [0.05, 0.1) is 11.1 Å². The van der Waals surface area contributed by atoms with Crippen LogP contribution < -0.4 is 5.32 Å². The zero-order valence-electron chi connectivity index (χ0n) is 14.2. The molecule has 2 aromatic carbocycles. The lowest BCUT2D eigenvalue weighted by atomic mass is 9.88. The highest BCUT2D eigenvalue weighted by atomic mass is 16.4. The standard InChI is InChI=1S/C21H23NO3/c23-19(13-12-16-8-4-5-11-18(16)20(24)25)22-21(14-6-7-15-21)17-9-2-1-3-10-17/h1-5,8-11H,6-7,12-15H2,(H,22,23)(H,24,25). The Hall–Kier alpha value is -2.62. The number of benzene rings is 2. The van der Waals surface area contributed by atoms with Gasteiger partial charge in [-0.15, -0.1) is 0 Å². The number of aromatic carboxylic acids is 1. The molecule has 0 heterocycles. The fourth-order valence-corrected chi connectivity index (χ4v) is 3.75. The van der Waals surface area contributed by atoms with Crippen LogP contribution in [0.1, 0.15) is 53.6 Å². The molecule has 4 heteroatoms. The van der Waals surface area contributed by atoms with E-state index in [4.69, 9.17) is 0 Å². The first-order valence-electron chi connectivity index (χ1n) is 8.78. The van der Waals surface area contributed by atoms with E-state index in [0.29, 0.717) is 18.4 Å². The highest BCUT2D eigenvalue weighted by Gasteiger charge is 2.36. The van der Waals surface area contributed by atoms with Crippen LogP contribution in [0.25, 0.3) is 0 Å². The van der Waals surface area contributed by atoms with Crippen LogP contribution >= 0.6 is 0 Å². The van der Waals surface area contributed by atoms with E-state index in [1.165, 1.54) is 0 Å². The molecule has 4 nitrogen and oxygen atoms in total. The number of amides is 1. The van der Waals surface area contributed by atoms with Crippen molar-refractivity contribution < 1.29 is 14.7 Å². The summed E-state index contributed by atoms with van der Waals surface area (Å²) in [5.74, 6) is -0.974. The van der Waals surface area contributed by atoms with Gasteiger partial charge >= 0.3 is 5.97 Å². The number of carboxylic acids is 1. The van der Waals surface area contributed by atoms with Gasteiger partial charge in [-0.25, -0.2) is 4.79 Å². The Morgan fingerprint density at radius 3 is 2.28 bits per heavy atom. The molecule has 1 amide bonds. The summed E-state index contributed by atoms with van der Waals surface area (Å²) in [4.78, 5) is 23.9. The minimum Gasteiger partial charge on any atom is -0.478 e. The van der Waals surface area contributed by atoms with Gasteiger partial charge in [0.2, 0.25) is 5.91 Å². The van der Waals surface area contributed by atoms with Crippen LogP contribution in [0, 0.1) is 0 Å². The lowest BCUT2D eigenvalue weighted by Gasteiger charge is -2.31. The van der Waals surface area contributed by atoms with Crippen LogP contribution in [0.4, 0.5) is 0 Å². The first-order chi connectivity index (χ1) is 12.1. The van der Waals surface area contributed by atoms with E-state index in [-0.39, 0.29) is 17.0 Å². The average Bonchev–Trinajstić information content (AvgIpc) is 3.10. The Morgan fingerprint density at radius 1 is 0.960 bits per heavy atom. The molecule has 0 unspecified atom stereocenters. The summed E-state index contributed by atoms with van der Waals surface area (Å²) < 4.78 is 0. The first-order valence-corrected chi connectivity index (χ1v) is 8.78. The molecule has 1 aliphatic carbocycles. The number of nitrogens with one attached hydrogen (secondary N) is 1. The van der Waals surface area contributed by atoms with Crippen molar-refractivity contribution in [1.82, 2.24) is 5.32 Å². The molecule has 0 aromatic heterocycles. The lowest BCUT2D eigenvalue weighted by molar-refractivity contribution is -0.123. The van der Waals surface area contributed by atoms with Crippen molar-refractivity contribution in [3.8, 4) is 0 Å². The van der Waals surface area contributed by atoms with E-state index in [9.17, 15) is 14.7 Å².